The number of benzene rings is 1. The summed E-state index contributed by atoms with van der Waals surface area (Å²) in [6, 6.07) is 8.96. The van der Waals surface area contributed by atoms with Gasteiger partial charge in [-0.05, 0) is 60.7 Å². The first-order valence-electron chi connectivity index (χ1n) is 8.09. The van der Waals surface area contributed by atoms with Crippen molar-refractivity contribution in [3.05, 3.63) is 70.7 Å². The lowest BCUT2D eigenvalue weighted by Crippen LogP contribution is -2.32. The molecule has 0 atom stereocenters. The molecule has 1 aromatic carbocycles. The van der Waals surface area contributed by atoms with Crippen LogP contribution in [0.15, 0.2) is 42.9 Å². The van der Waals surface area contributed by atoms with E-state index in [1.807, 2.05) is 12.4 Å². The van der Waals surface area contributed by atoms with Gasteiger partial charge < -0.3 is 0 Å². The fraction of sp³-hybridized carbons (Fsp3) is 0.238. The Morgan fingerprint density at radius 1 is 1.00 bits per heavy atom. The Morgan fingerprint density at radius 2 is 1.83 bits per heavy atom. The minimum atomic E-state index is 0.967. The molecule has 2 heteroatoms. The van der Waals surface area contributed by atoms with Crippen molar-refractivity contribution in [1.82, 2.24) is 4.98 Å². The Morgan fingerprint density at radius 3 is 2.65 bits per heavy atom. The summed E-state index contributed by atoms with van der Waals surface area (Å²) in [5.74, 6) is 0. The molecule has 1 aliphatic rings. The molecule has 0 unspecified atom stereocenters. The first-order chi connectivity index (χ1) is 11.1. The molecular weight excluding hydrogens is 280 g/mol. The predicted molar refractivity (Wildman–Crippen MR) is 93.3 cm³/mol. The molecule has 0 N–H and O–H groups in total. The van der Waals surface area contributed by atoms with E-state index in [0.717, 1.165) is 6.42 Å². The molecule has 0 spiro atoms. The van der Waals surface area contributed by atoms with E-state index in [4.69, 9.17) is 0 Å². The van der Waals surface area contributed by atoms with Crippen LogP contribution in [-0.2, 0) is 13.5 Å². The zero-order chi connectivity index (χ0) is 16.1. The monoisotopic (exact) mass is 301 g/mol. The van der Waals surface area contributed by atoms with Crippen LogP contribution in [0.5, 0.6) is 0 Å². The third-order valence-corrected chi connectivity index (χ3v) is 5.06. The zero-order valence-electron chi connectivity index (χ0n) is 14.1. The predicted octanol–water partition coefficient (Wildman–Crippen LogP) is 4.07. The topological polar surface area (TPSA) is 16.8 Å². The highest BCUT2D eigenvalue weighted by molar-refractivity contribution is 5.82. The van der Waals surface area contributed by atoms with E-state index in [1.165, 1.54) is 50.2 Å². The highest BCUT2D eigenvalue weighted by atomic mass is 14.9. The van der Waals surface area contributed by atoms with E-state index < -0.39 is 0 Å². The van der Waals surface area contributed by atoms with Crippen molar-refractivity contribution in [3.63, 3.8) is 0 Å². The number of rotatable bonds is 1. The number of hydrogen-bond donors (Lipinski definition) is 0. The van der Waals surface area contributed by atoms with Gasteiger partial charge in [0.25, 0.3) is 0 Å². The summed E-state index contributed by atoms with van der Waals surface area (Å²) in [5, 5.41) is 0. The largest absolute Gasteiger partial charge is 0.264 e. The van der Waals surface area contributed by atoms with Crippen molar-refractivity contribution < 1.29 is 4.57 Å². The van der Waals surface area contributed by atoms with Crippen LogP contribution in [0.2, 0.25) is 0 Å². The molecule has 0 amide bonds. The highest BCUT2D eigenvalue weighted by Crippen LogP contribution is 2.40. The summed E-state index contributed by atoms with van der Waals surface area (Å²) < 4.78 is 2.26. The van der Waals surface area contributed by atoms with Gasteiger partial charge in [0, 0.05) is 36.0 Å². The van der Waals surface area contributed by atoms with Crippen LogP contribution in [0.25, 0.3) is 22.4 Å². The molecule has 2 heterocycles. The molecule has 2 aromatic heterocycles. The lowest BCUT2D eigenvalue weighted by Gasteiger charge is -2.12. The standard InChI is InChI=1S/C21H21N2/c1-13-9-14(2)15(3)19(10-13)21-20-11-16-12-22-7-5-17(16)18(20)6-8-23(21)4/h5-10,12H,11H2,1-4H3/q+1. The quantitative estimate of drug-likeness (QED) is 0.484. The van der Waals surface area contributed by atoms with Crippen molar-refractivity contribution >= 4 is 0 Å². The molecule has 0 saturated carbocycles. The fourth-order valence-electron chi connectivity index (χ4n) is 3.79. The maximum absolute atomic E-state index is 4.30. The van der Waals surface area contributed by atoms with Crippen LogP contribution in [0.4, 0.5) is 0 Å². The van der Waals surface area contributed by atoms with E-state index in [9.17, 15) is 0 Å². The zero-order valence-corrected chi connectivity index (χ0v) is 14.1. The maximum Gasteiger partial charge on any atom is 0.216 e. The Kier molecular flexibility index (Phi) is 3.08. The third-order valence-electron chi connectivity index (χ3n) is 5.06. The van der Waals surface area contributed by atoms with Gasteiger partial charge in [0.15, 0.2) is 6.20 Å². The summed E-state index contributed by atoms with van der Waals surface area (Å²) in [6.45, 7) is 6.61. The lowest BCUT2D eigenvalue weighted by atomic mass is 9.93. The van der Waals surface area contributed by atoms with E-state index in [0.29, 0.717) is 0 Å². The van der Waals surface area contributed by atoms with Gasteiger partial charge in [-0.3, -0.25) is 4.98 Å². The van der Waals surface area contributed by atoms with Crippen LogP contribution < -0.4 is 4.57 Å². The molecular formula is C21H21N2+. The molecule has 0 bridgehead atoms. The van der Waals surface area contributed by atoms with Gasteiger partial charge >= 0.3 is 0 Å². The van der Waals surface area contributed by atoms with Crippen LogP contribution in [0.1, 0.15) is 27.8 Å². The summed E-state index contributed by atoms with van der Waals surface area (Å²) in [7, 11) is 2.15. The molecule has 2 nitrogen and oxygen atoms in total. The summed E-state index contributed by atoms with van der Waals surface area (Å²) in [6.07, 6.45) is 7.05. The van der Waals surface area contributed by atoms with Crippen molar-refractivity contribution in [2.75, 3.05) is 0 Å². The molecule has 0 fully saturated rings. The number of aryl methyl sites for hydroxylation is 3. The van der Waals surface area contributed by atoms with E-state index in [1.54, 1.807) is 0 Å². The van der Waals surface area contributed by atoms with Crippen LogP contribution in [0.3, 0.4) is 0 Å². The van der Waals surface area contributed by atoms with Crippen molar-refractivity contribution in [2.45, 2.75) is 27.2 Å². The van der Waals surface area contributed by atoms with Gasteiger partial charge in [0.1, 0.15) is 7.05 Å². The lowest BCUT2D eigenvalue weighted by molar-refractivity contribution is -0.660. The van der Waals surface area contributed by atoms with Crippen LogP contribution in [-0.4, -0.2) is 4.98 Å². The Balaban J connectivity index is 2.03. The Labute approximate surface area is 137 Å². The second-order valence-electron chi connectivity index (χ2n) is 6.63. The number of aromatic nitrogens is 2. The van der Waals surface area contributed by atoms with Crippen molar-refractivity contribution in [2.24, 2.45) is 7.05 Å². The Bertz CT molecular complexity index is 939. The van der Waals surface area contributed by atoms with Gasteiger partial charge in [-0.15, -0.1) is 0 Å². The smallest absolute Gasteiger partial charge is 0.216 e. The minimum absolute atomic E-state index is 0.967. The molecule has 114 valence electrons. The second-order valence-corrected chi connectivity index (χ2v) is 6.63. The fourth-order valence-corrected chi connectivity index (χ4v) is 3.79. The van der Waals surface area contributed by atoms with Gasteiger partial charge in [-0.2, -0.15) is 0 Å². The molecule has 3 aromatic rings. The second kappa shape index (κ2) is 5.02. The van der Waals surface area contributed by atoms with E-state index >= 15 is 0 Å². The highest BCUT2D eigenvalue weighted by Gasteiger charge is 2.28. The average Bonchev–Trinajstić information content (AvgIpc) is 2.89. The number of nitrogens with zero attached hydrogens (tertiary/aromatic N) is 2. The van der Waals surface area contributed by atoms with Crippen LogP contribution >= 0.6 is 0 Å². The first kappa shape index (κ1) is 14.1. The normalized spacial score (nSPS) is 12.2. The summed E-state index contributed by atoms with van der Waals surface area (Å²) in [5.41, 5.74) is 12.2. The maximum atomic E-state index is 4.30. The molecule has 0 saturated heterocycles. The Hall–Kier alpha value is -2.48. The average molecular weight is 301 g/mol. The number of fused-ring (bicyclic) bond motifs is 3. The van der Waals surface area contributed by atoms with Crippen molar-refractivity contribution in [1.29, 1.82) is 0 Å². The molecule has 23 heavy (non-hydrogen) atoms. The molecule has 4 rings (SSSR count). The molecule has 1 aliphatic carbocycles. The molecule has 0 aliphatic heterocycles. The van der Waals surface area contributed by atoms with E-state index in [-0.39, 0.29) is 0 Å². The summed E-state index contributed by atoms with van der Waals surface area (Å²) >= 11 is 0. The third kappa shape index (κ3) is 2.09. The number of pyridine rings is 2. The van der Waals surface area contributed by atoms with Crippen molar-refractivity contribution in [3.8, 4) is 22.4 Å². The van der Waals surface area contributed by atoms with Gasteiger partial charge in [-0.1, -0.05) is 11.6 Å². The summed E-state index contributed by atoms with van der Waals surface area (Å²) in [4.78, 5) is 4.30. The van der Waals surface area contributed by atoms with E-state index in [2.05, 4.69) is 67.8 Å². The van der Waals surface area contributed by atoms with Gasteiger partial charge in [0.2, 0.25) is 5.69 Å². The minimum Gasteiger partial charge on any atom is -0.264 e. The number of hydrogen-bond acceptors (Lipinski definition) is 1. The van der Waals surface area contributed by atoms with Gasteiger partial charge in [-0.25, -0.2) is 4.57 Å². The molecule has 0 radical (unpaired) electrons. The van der Waals surface area contributed by atoms with Gasteiger partial charge in [0.05, 0.1) is 0 Å². The first-order valence-corrected chi connectivity index (χ1v) is 8.09. The SMILES string of the molecule is Cc1cc(C)c(C)c(-c2c3c(cc[n+]2C)-c2ccncc2C3)c1. The van der Waals surface area contributed by atoms with Crippen LogP contribution in [0, 0.1) is 20.8 Å².